The lowest BCUT2D eigenvalue weighted by atomic mass is 10.3. The minimum absolute atomic E-state index is 0.511. The van der Waals surface area contributed by atoms with Gasteiger partial charge in [0.25, 0.3) is 0 Å². The molecule has 0 aliphatic heterocycles. The van der Waals surface area contributed by atoms with E-state index >= 15 is 0 Å². The van der Waals surface area contributed by atoms with E-state index in [-0.39, 0.29) is 0 Å². The molecule has 3 nitrogen and oxygen atoms in total. The van der Waals surface area contributed by atoms with E-state index in [1.165, 1.54) is 0 Å². The molecule has 0 unspecified atom stereocenters. The molecule has 2 rings (SSSR count). The first kappa shape index (κ1) is 13.1. The van der Waals surface area contributed by atoms with E-state index in [1.54, 1.807) is 25.1 Å². The maximum atomic E-state index is 5.84. The van der Waals surface area contributed by atoms with Crippen LogP contribution in [0, 0.1) is 0 Å². The number of nitrogens with zero attached hydrogens (tertiary/aromatic N) is 1. The van der Waals surface area contributed by atoms with Crippen LogP contribution in [0.25, 0.3) is 0 Å². The molecule has 0 bridgehead atoms. The number of hydrogen-bond acceptors (Lipinski definition) is 4. The second-order valence-corrected chi connectivity index (χ2v) is 5.09. The summed E-state index contributed by atoms with van der Waals surface area (Å²) in [6.07, 6.45) is 1.71. The van der Waals surface area contributed by atoms with Crippen molar-refractivity contribution in [2.24, 2.45) is 0 Å². The Morgan fingerprint density at radius 1 is 1.33 bits per heavy atom. The van der Waals surface area contributed by atoms with E-state index in [9.17, 15) is 0 Å². The van der Waals surface area contributed by atoms with Crippen LogP contribution in [0.1, 0.15) is 5.56 Å². The molecular formula is C13H13ClN2OS. The van der Waals surface area contributed by atoms with Crippen LogP contribution in [0.5, 0.6) is 5.75 Å². The molecule has 0 spiro atoms. The summed E-state index contributed by atoms with van der Waals surface area (Å²) in [6.45, 7) is 0. The average molecular weight is 281 g/mol. The number of ether oxygens (including phenoxy) is 1. The number of methoxy groups -OCH3 is 1. The van der Waals surface area contributed by atoms with Crippen LogP contribution < -0.4 is 10.5 Å². The Morgan fingerprint density at radius 3 is 2.89 bits per heavy atom. The van der Waals surface area contributed by atoms with E-state index < -0.39 is 0 Å². The standard InChI is InChI=1S/C13H13ClN2OS/c1-17-11-7-10(15)2-3-12(11)18-8-9-4-5-16-13(14)6-9/h2-7H,8,15H2,1H3. The van der Waals surface area contributed by atoms with Gasteiger partial charge in [0.2, 0.25) is 0 Å². The van der Waals surface area contributed by atoms with E-state index in [1.807, 2.05) is 30.3 Å². The summed E-state index contributed by atoms with van der Waals surface area (Å²) in [5, 5.41) is 0.511. The number of halogens is 1. The number of hydrogen-bond donors (Lipinski definition) is 1. The highest BCUT2D eigenvalue weighted by Crippen LogP contribution is 2.33. The van der Waals surface area contributed by atoms with Crippen molar-refractivity contribution >= 4 is 29.1 Å². The van der Waals surface area contributed by atoms with Crippen molar-refractivity contribution < 1.29 is 4.74 Å². The summed E-state index contributed by atoms with van der Waals surface area (Å²) in [4.78, 5) is 5.01. The smallest absolute Gasteiger partial charge is 0.134 e. The van der Waals surface area contributed by atoms with Gasteiger partial charge in [-0.3, -0.25) is 0 Å². The summed E-state index contributed by atoms with van der Waals surface area (Å²) in [5.41, 5.74) is 7.54. The number of rotatable bonds is 4. The van der Waals surface area contributed by atoms with Gasteiger partial charge in [0.15, 0.2) is 0 Å². The van der Waals surface area contributed by atoms with Crippen molar-refractivity contribution in [2.45, 2.75) is 10.6 Å². The van der Waals surface area contributed by atoms with Crippen molar-refractivity contribution in [3.63, 3.8) is 0 Å². The van der Waals surface area contributed by atoms with E-state index in [4.69, 9.17) is 22.1 Å². The number of aromatic nitrogens is 1. The first-order valence-electron chi connectivity index (χ1n) is 5.36. The fourth-order valence-corrected chi connectivity index (χ4v) is 2.64. The summed E-state index contributed by atoms with van der Waals surface area (Å²) in [7, 11) is 1.64. The maximum Gasteiger partial charge on any atom is 0.134 e. The van der Waals surface area contributed by atoms with E-state index in [0.29, 0.717) is 10.8 Å². The van der Waals surface area contributed by atoms with Crippen LogP contribution in [0.3, 0.4) is 0 Å². The lowest BCUT2D eigenvalue weighted by Crippen LogP contribution is -1.91. The van der Waals surface area contributed by atoms with Gasteiger partial charge in [-0.2, -0.15) is 0 Å². The molecule has 2 N–H and O–H groups in total. The number of thioether (sulfide) groups is 1. The van der Waals surface area contributed by atoms with Gasteiger partial charge < -0.3 is 10.5 Å². The highest BCUT2D eigenvalue weighted by atomic mass is 35.5. The monoisotopic (exact) mass is 280 g/mol. The molecule has 2 aromatic rings. The minimum Gasteiger partial charge on any atom is -0.496 e. The Balaban J connectivity index is 2.10. The SMILES string of the molecule is COc1cc(N)ccc1SCc1ccnc(Cl)c1. The molecule has 0 saturated heterocycles. The molecule has 0 saturated carbocycles. The molecule has 1 aromatic carbocycles. The third kappa shape index (κ3) is 3.31. The van der Waals surface area contributed by atoms with Gasteiger partial charge in [0.1, 0.15) is 10.9 Å². The highest BCUT2D eigenvalue weighted by Gasteiger charge is 2.05. The highest BCUT2D eigenvalue weighted by molar-refractivity contribution is 7.98. The van der Waals surface area contributed by atoms with Crippen molar-refractivity contribution in [2.75, 3.05) is 12.8 Å². The number of nitrogens with two attached hydrogens (primary N) is 1. The van der Waals surface area contributed by atoms with Crippen molar-refractivity contribution in [1.82, 2.24) is 4.98 Å². The summed E-state index contributed by atoms with van der Waals surface area (Å²) in [5.74, 6) is 1.60. The van der Waals surface area contributed by atoms with Crippen molar-refractivity contribution in [1.29, 1.82) is 0 Å². The summed E-state index contributed by atoms with van der Waals surface area (Å²) >= 11 is 7.52. The Morgan fingerprint density at radius 2 is 2.17 bits per heavy atom. The molecule has 1 aromatic heterocycles. The lowest BCUT2D eigenvalue weighted by Gasteiger charge is -2.09. The zero-order valence-corrected chi connectivity index (χ0v) is 11.5. The Labute approximate surface area is 115 Å². The fourth-order valence-electron chi connectivity index (χ4n) is 1.50. The lowest BCUT2D eigenvalue weighted by molar-refractivity contribution is 0.405. The number of nitrogen functional groups attached to an aromatic ring is 1. The zero-order chi connectivity index (χ0) is 13.0. The summed E-state index contributed by atoms with van der Waals surface area (Å²) in [6, 6.07) is 9.45. The average Bonchev–Trinajstić information content (AvgIpc) is 2.37. The van der Waals surface area contributed by atoms with Crippen molar-refractivity contribution in [3.05, 3.63) is 47.2 Å². The van der Waals surface area contributed by atoms with Gasteiger partial charge >= 0.3 is 0 Å². The molecule has 0 radical (unpaired) electrons. The molecule has 0 amide bonds. The largest absolute Gasteiger partial charge is 0.496 e. The van der Waals surface area contributed by atoms with E-state index in [0.717, 1.165) is 22.0 Å². The predicted octanol–water partition coefficient (Wildman–Crippen LogP) is 3.62. The second kappa shape index (κ2) is 5.98. The molecule has 0 aliphatic carbocycles. The van der Waals surface area contributed by atoms with Gasteiger partial charge in [-0.1, -0.05) is 11.6 Å². The number of pyridine rings is 1. The first-order valence-corrected chi connectivity index (χ1v) is 6.72. The van der Waals surface area contributed by atoms with Gasteiger partial charge in [0, 0.05) is 28.6 Å². The first-order chi connectivity index (χ1) is 8.69. The molecule has 18 heavy (non-hydrogen) atoms. The Bertz CT molecular complexity index is 548. The third-order valence-electron chi connectivity index (χ3n) is 2.37. The van der Waals surface area contributed by atoms with Gasteiger partial charge in [0.05, 0.1) is 7.11 Å². The van der Waals surface area contributed by atoms with Crippen LogP contribution in [0.2, 0.25) is 5.15 Å². The fraction of sp³-hybridized carbons (Fsp3) is 0.154. The molecule has 0 atom stereocenters. The predicted molar refractivity (Wildman–Crippen MR) is 76.2 cm³/mol. The number of benzene rings is 1. The maximum absolute atomic E-state index is 5.84. The Hall–Kier alpha value is -1.39. The minimum atomic E-state index is 0.511. The van der Waals surface area contributed by atoms with Gasteiger partial charge in [-0.05, 0) is 29.8 Å². The van der Waals surface area contributed by atoms with Gasteiger partial charge in [-0.15, -0.1) is 11.8 Å². The second-order valence-electron chi connectivity index (χ2n) is 3.69. The molecule has 5 heteroatoms. The quantitative estimate of drug-likeness (QED) is 0.528. The third-order valence-corrected chi connectivity index (χ3v) is 3.71. The van der Waals surface area contributed by atoms with Crippen LogP contribution >= 0.6 is 23.4 Å². The van der Waals surface area contributed by atoms with E-state index in [2.05, 4.69) is 4.98 Å². The molecule has 0 fully saturated rings. The normalized spacial score (nSPS) is 10.3. The zero-order valence-electron chi connectivity index (χ0n) is 9.89. The molecule has 0 aliphatic rings. The van der Waals surface area contributed by atoms with Crippen LogP contribution in [0.15, 0.2) is 41.4 Å². The summed E-state index contributed by atoms with van der Waals surface area (Å²) < 4.78 is 5.30. The van der Waals surface area contributed by atoms with Crippen molar-refractivity contribution in [3.8, 4) is 5.75 Å². The molecule has 94 valence electrons. The van der Waals surface area contributed by atoms with Crippen LogP contribution in [-0.4, -0.2) is 12.1 Å². The molecular weight excluding hydrogens is 268 g/mol. The molecule has 1 heterocycles. The van der Waals surface area contributed by atoms with Crippen LogP contribution in [0.4, 0.5) is 5.69 Å². The number of anilines is 1. The van der Waals surface area contributed by atoms with Gasteiger partial charge in [-0.25, -0.2) is 4.98 Å². The van der Waals surface area contributed by atoms with Crippen LogP contribution in [-0.2, 0) is 5.75 Å². The topological polar surface area (TPSA) is 48.1 Å². The Kier molecular flexibility index (Phi) is 4.33.